The topological polar surface area (TPSA) is 0 Å². The van der Waals surface area contributed by atoms with Gasteiger partial charge in [-0.05, 0) is 54.2 Å². The maximum atomic E-state index is 6.50. The molecule has 3 rings (SSSR count). The Morgan fingerprint density at radius 3 is 2.73 bits per heavy atom. The molecule has 2 aliphatic rings. The second-order valence-electron chi connectivity index (χ2n) is 5.16. The monoisotopic (exact) mass is 220 g/mol. The molecule has 15 heavy (non-hydrogen) atoms. The van der Waals surface area contributed by atoms with E-state index in [1.54, 1.807) is 11.1 Å². The maximum absolute atomic E-state index is 6.50. The van der Waals surface area contributed by atoms with Gasteiger partial charge in [0.15, 0.2) is 0 Å². The predicted molar refractivity (Wildman–Crippen MR) is 64.3 cm³/mol. The van der Waals surface area contributed by atoms with Gasteiger partial charge in [-0.2, -0.15) is 0 Å². The van der Waals surface area contributed by atoms with E-state index in [9.17, 15) is 0 Å². The van der Waals surface area contributed by atoms with Crippen molar-refractivity contribution in [2.24, 2.45) is 11.8 Å². The summed E-state index contributed by atoms with van der Waals surface area (Å²) >= 11 is 6.50. The van der Waals surface area contributed by atoms with E-state index in [0.29, 0.717) is 0 Å². The van der Waals surface area contributed by atoms with Gasteiger partial charge in [0.2, 0.25) is 0 Å². The van der Waals surface area contributed by atoms with E-state index in [0.717, 1.165) is 11.8 Å². The van der Waals surface area contributed by atoms with Crippen molar-refractivity contribution in [1.29, 1.82) is 0 Å². The summed E-state index contributed by atoms with van der Waals surface area (Å²) in [5, 5.41) is 0.255. The molecule has 0 N–H and O–H groups in total. The molecule has 3 atom stereocenters. The lowest BCUT2D eigenvalue weighted by molar-refractivity contribution is 0.721. The first kappa shape index (κ1) is 9.72. The van der Waals surface area contributed by atoms with Crippen LogP contribution in [0.25, 0.3) is 0 Å². The molecule has 1 heteroatoms. The number of benzene rings is 1. The highest BCUT2D eigenvalue weighted by Crippen LogP contribution is 2.50. The fourth-order valence-corrected chi connectivity index (χ4v) is 3.26. The Balaban J connectivity index is 1.86. The molecule has 0 aromatic heterocycles. The highest BCUT2D eigenvalue weighted by atomic mass is 35.5. The van der Waals surface area contributed by atoms with Gasteiger partial charge in [0.25, 0.3) is 0 Å². The van der Waals surface area contributed by atoms with E-state index in [-0.39, 0.29) is 5.38 Å². The first-order valence-electron chi connectivity index (χ1n) is 6.01. The van der Waals surface area contributed by atoms with Gasteiger partial charge in [-0.15, -0.1) is 11.6 Å². The lowest BCUT2D eigenvalue weighted by Gasteiger charge is -2.10. The number of halogens is 1. The quantitative estimate of drug-likeness (QED) is 0.658. The van der Waals surface area contributed by atoms with Gasteiger partial charge in [0.1, 0.15) is 0 Å². The second-order valence-corrected chi connectivity index (χ2v) is 5.63. The van der Waals surface area contributed by atoms with Crippen molar-refractivity contribution in [3.05, 3.63) is 34.9 Å². The van der Waals surface area contributed by atoms with Crippen LogP contribution in [0.1, 0.15) is 41.8 Å². The van der Waals surface area contributed by atoms with Gasteiger partial charge in [0.05, 0.1) is 5.38 Å². The number of alkyl halides is 1. The Morgan fingerprint density at radius 1 is 1.27 bits per heavy atom. The summed E-state index contributed by atoms with van der Waals surface area (Å²) in [5.41, 5.74) is 4.45. The van der Waals surface area contributed by atoms with Crippen molar-refractivity contribution in [2.45, 2.75) is 38.0 Å². The third-order valence-corrected chi connectivity index (χ3v) is 4.56. The van der Waals surface area contributed by atoms with Crippen molar-refractivity contribution in [2.75, 3.05) is 0 Å². The molecular weight excluding hydrogens is 204 g/mol. The van der Waals surface area contributed by atoms with Crippen LogP contribution in [0.15, 0.2) is 18.2 Å². The van der Waals surface area contributed by atoms with Crippen molar-refractivity contribution < 1.29 is 0 Å². The van der Waals surface area contributed by atoms with E-state index in [1.807, 2.05) is 0 Å². The molecule has 0 nitrogen and oxygen atoms in total. The molecule has 0 radical (unpaired) electrons. The molecule has 0 spiro atoms. The number of aryl methyl sites for hydroxylation is 2. The fourth-order valence-electron chi connectivity index (χ4n) is 2.77. The van der Waals surface area contributed by atoms with Crippen molar-refractivity contribution in [3.8, 4) is 0 Å². The van der Waals surface area contributed by atoms with Crippen LogP contribution in [0.3, 0.4) is 0 Å². The van der Waals surface area contributed by atoms with Gasteiger partial charge in [-0.3, -0.25) is 0 Å². The highest BCUT2D eigenvalue weighted by molar-refractivity contribution is 6.21. The fraction of sp³-hybridized carbons (Fsp3) is 0.571. The summed E-state index contributed by atoms with van der Waals surface area (Å²) < 4.78 is 0. The van der Waals surface area contributed by atoms with Gasteiger partial charge >= 0.3 is 0 Å². The van der Waals surface area contributed by atoms with Gasteiger partial charge in [0, 0.05) is 0 Å². The summed E-state index contributed by atoms with van der Waals surface area (Å²) in [6, 6.07) is 6.89. The number of hydrogen-bond acceptors (Lipinski definition) is 0. The van der Waals surface area contributed by atoms with Crippen LogP contribution in [0, 0.1) is 11.8 Å². The van der Waals surface area contributed by atoms with E-state index in [2.05, 4.69) is 25.1 Å². The average Bonchev–Trinajstić information content (AvgIpc) is 2.80. The Labute approximate surface area is 96.6 Å². The molecular formula is C14H17Cl. The third kappa shape index (κ3) is 1.69. The smallest absolute Gasteiger partial charge is 0.0616 e. The molecule has 1 aromatic carbocycles. The minimum atomic E-state index is 0.255. The number of fused-ring (bicyclic) bond motifs is 1. The molecule has 80 valence electrons. The summed E-state index contributed by atoms with van der Waals surface area (Å²) in [4.78, 5) is 0. The Kier molecular flexibility index (Phi) is 2.28. The number of hydrogen-bond donors (Lipinski definition) is 0. The molecule has 0 saturated heterocycles. The molecule has 1 saturated carbocycles. The van der Waals surface area contributed by atoms with E-state index in [1.165, 1.54) is 31.2 Å². The summed E-state index contributed by atoms with van der Waals surface area (Å²) in [7, 11) is 0. The Hall–Kier alpha value is -0.490. The standard InChI is InChI=1S/C14H17Cl/c1-9-7-13(9)14(15)12-6-5-10-3-2-4-11(10)8-12/h5-6,8-9,13-14H,2-4,7H2,1H3. The van der Waals surface area contributed by atoms with Crippen LogP contribution < -0.4 is 0 Å². The van der Waals surface area contributed by atoms with E-state index >= 15 is 0 Å². The van der Waals surface area contributed by atoms with Crippen LogP contribution in [-0.4, -0.2) is 0 Å². The first-order chi connectivity index (χ1) is 7.25. The van der Waals surface area contributed by atoms with Crippen molar-refractivity contribution in [1.82, 2.24) is 0 Å². The normalized spacial score (nSPS) is 30.0. The maximum Gasteiger partial charge on any atom is 0.0616 e. The largest absolute Gasteiger partial charge is 0.118 e. The third-order valence-electron chi connectivity index (χ3n) is 3.99. The van der Waals surface area contributed by atoms with E-state index in [4.69, 9.17) is 11.6 Å². The summed E-state index contributed by atoms with van der Waals surface area (Å²) in [6.45, 7) is 2.30. The molecule has 0 aliphatic heterocycles. The van der Waals surface area contributed by atoms with Crippen LogP contribution in [0.4, 0.5) is 0 Å². The zero-order chi connectivity index (χ0) is 10.4. The first-order valence-corrected chi connectivity index (χ1v) is 6.45. The molecule has 0 heterocycles. The highest BCUT2D eigenvalue weighted by Gasteiger charge is 2.39. The van der Waals surface area contributed by atoms with Crippen LogP contribution in [0.2, 0.25) is 0 Å². The zero-order valence-electron chi connectivity index (χ0n) is 9.17. The minimum Gasteiger partial charge on any atom is -0.118 e. The van der Waals surface area contributed by atoms with Crippen LogP contribution in [0.5, 0.6) is 0 Å². The van der Waals surface area contributed by atoms with Crippen LogP contribution in [-0.2, 0) is 12.8 Å². The number of rotatable bonds is 2. The van der Waals surface area contributed by atoms with Crippen LogP contribution >= 0.6 is 11.6 Å². The zero-order valence-corrected chi connectivity index (χ0v) is 9.93. The summed E-state index contributed by atoms with van der Waals surface area (Å²) in [5.74, 6) is 1.56. The lowest BCUT2D eigenvalue weighted by atomic mass is 10.0. The lowest BCUT2D eigenvalue weighted by Crippen LogP contribution is -1.96. The molecule has 0 bridgehead atoms. The average molecular weight is 221 g/mol. The SMILES string of the molecule is CC1CC1C(Cl)c1ccc2c(c1)CCC2. The van der Waals surface area contributed by atoms with Gasteiger partial charge in [-0.1, -0.05) is 25.1 Å². The van der Waals surface area contributed by atoms with Crippen molar-refractivity contribution >= 4 is 11.6 Å². The second kappa shape index (κ2) is 3.52. The molecule has 3 unspecified atom stereocenters. The van der Waals surface area contributed by atoms with E-state index < -0.39 is 0 Å². The van der Waals surface area contributed by atoms with Gasteiger partial charge < -0.3 is 0 Å². The Morgan fingerprint density at radius 2 is 2.00 bits per heavy atom. The summed E-state index contributed by atoms with van der Waals surface area (Å²) in [6.07, 6.45) is 5.16. The van der Waals surface area contributed by atoms with Gasteiger partial charge in [-0.25, -0.2) is 0 Å². The Bertz CT molecular complexity index is 383. The molecule has 2 aliphatic carbocycles. The molecule has 1 aromatic rings. The molecule has 1 fully saturated rings. The van der Waals surface area contributed by atoms with Crippen molar-refractivity contribution in [3.63, 3.8) is 0 Å². The molecule has 0 amide bonds. The minimum absolute atomic E-state index is 0.255. The predicted octanol–water partition coefficient (Wildman–Crippen LogP) is 4.11.